The molecule has 1 aromatic rings. The number of hydrogen-bond acceptors (Lipinski definition) is 3. The molecule has 126 valence electrons. The molecule has 0 aliphatic carbocycles. The first-order chi connectivity index (χ1) is 11.1. The van der Waals surface area contributed by atoms with E-state index < -0.39 is 20.4 Å². The molecule has 1 unspecified atom stereocenters. The molecule has 23 heavy (non-hydrogen) atoms. The maximum atomic E-state index is 12.2. The van der Waals surface area contributed by atoms with Crippen molar-refractivity contribution in [2.24, 2.45) is 0 Å². The zero-order valence-electron chi connectivity index (χ0n) is 14.4. The van der Waals surface area contributed by atoms with Gasteiger partial charge in [-0.2, -0.15) is 4.79 Å². The van der Waals surface area contributed by atoms with Crippen molar-refractivity contribution in [1.82, 2.24) is 0 Å². The van der Waals surface area contributed by atoms with Crippen LogP contribution in [0.5, 0.6) is 0 Å². The van der Waals surface area contributed by atoms with Gasteiger partial charge in [-0.25, -0.2) is 4.79 Å². The lowest BCUT2D eigenvalue weighted by atomic mass is 10.1. The van der Waals surface area contributed by atoms with Crippen molar-refractivity contribution in [1.29, 1.82) is 0 Å². The molecule has 0 aliphatic rings. The fraction of sp³-hybridized carbons (Fsp3) is 0.529. The lowest BCUT2D eigenvalue weighted by Crippen LogP contribution is -2.41. The Hall–Kier alpha value is -1.75. The fourth-order valence-corrected chi connectivity index (χ4v) is 5.31. The van der Waals surface area contributed by atoms with Gasteiger partial charge in [-0.15, -0.1) is 0 Å². The summed E-state index contributed by atoms with van der Waals surface area (Å²) < 4.78 is 11.5. The van der Waals surface area contributed by atoms with Gasteiger partial charge in [0.1, 0.15) is 0 Å². The van der Waals surface area contributed by atoms with Gasteiger partial charge in [0.05, 0.1) is 6.61 Å². The summed E-state index contributed by atoms with van der Waals surface area (Å²) in [6.45, 7) is 8.27. The van der Waals surface area contributed by atoms with Gasteiger partial charge in [0.15, 0.2) is 14.4 Å². The Morgan fingerprint density at radius 2 is 1.70 bits per heavy atom. The molecule has 5 nitrogen and oxygen atoms in total. The molecule has 0 saturated carbocycles. The van der Waals surface area contributed by atoms with Crippen LogP contribution in [0.3, 0.4) is 0 Å². The summed E-state index contributed by atoms with van der Waals surface area (Å²) >= 11 is 0. The summed E-state index contributed by atoms with van der Waals surface area (Å²) in [6.07, 6.45) is -0.702. The monoisotopic (exact) mass is 334 g/mol. The first-order valence-corrected chi connectivity index (χ1v) is 10.7. The topological polar surface area (TPSA) is 71.9 Å². The third-order valence-electron chi connectivity index (χ3n) is 4.24. The molecule has 1 rings (SSSR count). The minimum Gasteiger partial charge on any atom is -0.457 e. The van der Waals surface area contributed by atoms with Crippen LogP contribution >= 0.6 is 0 Å². The lowest BCUT2D eigenvalue weighted by Gasteiger charge is -2.31. The Bertz CT molecular complexity index is 544. The maximum absolute atomic E-state index is 12.2. The number of benzene rings is 1. The quantitative estimate of drug-likeness (QED) is 0.225. The molecule has 0 spiro atoms. The molecule has 0 radical (unpaired) electrons. The van der Waals surface area contributed by atoms with Crippen LogP contribution in [0, 0.1) is 0 Å². The molecular formula is C17H26N2O3Si. The van der Waals surface area contributed by atoms with Gasteiger partial charge in [-0.1, -0.05) is 51.1 Å². The number of ether oxygens (including phenoxy) is 1. The van der Waals surface area contributed by atoms with Gasteiger partial charge in [0.2, 0.25) is 0 Å². The predicted octanol–water partition coefficient (Wildman–Crippen LogP) is 3.98. The van der Waals surface area contributed by atoms with E-state index in [0.717, 1.165) is 23.7 Å². The Morgan fingerprint density at radius 3 is 2.13 bits per heavy atom. The van der Waals surface area contributed by atoms with E-state index in [1.54, 1.807) is 6.92 Å². The molecule has 0 heterocycles. The van der Waals surface area contributed by atoms with Crippen LogP contribution in [0.1, 0.15) is 39.4 Å². The summed E-state index contributed by atoms with van der Waals surface area (Å²) in [5.41, 5.74) is 10.1. The second-order valence-corrected chi connectivity index (χ2v) is 10.1. The summed E-state index contributed by atoms with van der Waals surface area (Å²) in [7, 11) is -2.01. The smallest absolute Gasteiger partial charge is 0.420 e. The van der Waals surface area contributed by atoms with E-state index in [-0.39, 0.29) is 12.3 Å². The highest BCUT2D eigenvalue weighted by atomic mass is 28.4. The van der Waals surface area contributed by atoms with Crippen LogP contribution < -0.4 is 0 Å². The van der Waals surface area contributed by atoms with Gasteiger partial charge in [0, 0.05) is 0 Å². The minimum absolute atomic E-state index is 0.0923. The number of nitrogens with zero attached hydrogens (tertiary/aromatic N) is 2. The second kappa shape index (κ2) is 9.40. The van der Waals surface area contributed by atoms with Crippen molar-refractivity contribution in [2.75, 3.05) is 6.61 Å². The van der Waals surface area contributed by atoms with Crippen LogP contribution in [0.2, 0.25) is 18.1 Å². The normalized spacial score (nSPS) is 12.3. The van der Waals surface area contributed by atoms with E-state index in [9.17, 15) is 10.3 Å². The molecule has 0 fully saturated rings. The molecule has 0 N–H and O–H groups in total. The molecule has 6 heteroatoms. The van der Waals surface area contributed by atoms with E-state index in [2.05, 4.69) is 25.6 Å². The first kappa shape index (κ1) is 19.3. The van der Waals surface area contributed by atoms with Crippen molar-refractivity contribution in [3.05, 3.63) is 41.4 Å². The highest BCUT2D eigenvalue weighted by Crippen LogP contribution is 2.30. The number of hydrogen-bond donors (Lipinski definition) is 0. The van der Waals surface area contributed by atoms with Crippen molar-refractivity contribution < 1.29 is 18.7 Å². The van der Waals surface area contributed by atoms with Gasteiger partial charge in [-0.05, 0) is 30.6 Å². The van der Waals surface area contributed by atoms with Gasteiger partial charge >= 0.3 is 11.7 Å². The average Bonchev–Trinajstić information content (AvgIpc) is 2.60. The molecule has 0 bridgehead atoms. The van der Waals surface area contributed by atoms with Crippen LogP contribution in [0.4, 0.5) is 0 Å². The van der Waals surface area contributed by atoms with Gasteiger partial charge in [-0.3, -0.25) is 0 Å². The minimum atomic E-state index is -2.01. The van der Waals surface area contributed by atoms with Crippen molar-refractivity contribution in [3.63, 3.8) is 0 Å². The number of rotatable bonds is 9. The third-order valence-corrected chi connectivity index (χ3v) is 8.85. The number of carbonyl (C=O) groups excluding carboxylic acids is 1. The Labute approximate surface area is 139 Å². The zero-order valence-corrected chi connectivity index (χ0v) is 15.4. The maximum Gasteiger partial charge on any atom is 0.420 e. The number of carbonyl (C=O) groups is 1. The SMILES string of the molecule is CCOC(=O)C(=[N+]=[N-])C(O[Si](CC)(CC)CC)c1ccccc1. The number of esters is 1. The van der Waals surface area contributed by atoms with Crippen LogP contribution in [0.15, 0.2) is 30.3 Å². The molecule has 0 saturated heterocycles. The van der Waals surface area contributed by atoms with E-state index in [0.29, 0.717) is 0 Å². The molecule has 0 aliphatic heterocycles. The molecule has 0 aromatic heterocycles. The first-order valence-electron chi connectivity index (χ1n) is 8.19. The van der Waals surface area contributed by atoms with Crippen molar-refractivity contribution >= 4 is 20.0 Å². The Kier molecular flexibility index (Phi) is 7.89. The fourth-order valence-electron chi connectivity index (χ4n) is 2.56. The van der Waals surface area contributed by atoms with Crippen molar-refractivity contribution in [2.45, 2.75) is 51.9 Å². The summed E-state index contributed by atoms with van der Waals surface area (Å²) in [6, 6.07) is 12.2. The average molecular weight is 334 g/mol. The largest absolute Gasteiger partial charge is 0.457 e. The Morgan fingerprint density at radius 1 is 1.13 bits per heavy atom. The van der Waals surface area contributed by atoms with Crippen LogP contribution in [-0.4, -0.2) is 31.4 Å². The standard InChI is InChI=1S/C17H26N2O3Si/c1-5-21-17(20)15(19-18)16(14-12-10-9-11-13-14)22-23(6-2,7-3)8-4/h9-13,16H,5-8H2,1-4H3. The van der Waals surface area contributed by atoms with Gasteiger partial charge in [0.25, 0.3) is 0 Å². The molecule has 1 aromatic carbocycles. The van der Waals surface area contributed by atoms with Crippen LogP contribution in [0.25, 0.3) is 5.53 Å². The summed E-state index contributed by atoms with van der Waals surface area (Å²) in [5, 5.41) is 0. The highest BCUT2D eigenvalue weighted by Gasteiger charge is 2.41. The summed E-state index contributed by atoms with van der Waals surface area (Å²) in [5.74, 6) is -0.643. The van der Waals surface area contributed by atoms with Crippen molar-refractivity contribution in [3.8, 4) is 0 Å². The van der Waals surface area contributed by atoms with E-state index in [1.807, 2.05) is 30.3 Å². The van der Waals surface area contributed by atoms with Crippen LogP contribution in [-0.2, 0) is 14.0 Å². The highest BCUT2D eigenvalue weighted by molar-refractivity contribution is 6.73. The van der Waals surface area contributed by atoms with E-state index in [1.165, 1.54) is 0 Å². The molecule has 1 atom stereocenters. The molecule has 0 amide bonds. The van der Waals surface area contributed by atoms with Gasteiger partial charge < -0.3 is 14.7 Å². The zero-order chi connectivity index (χ0) is 17.3. The summed E-state index contributed by atoms with van der Waals surface area (Å²) in [4.78, 5) is 15.4. The molecular weight excluding hydrogens is 308 g/mol. The lowest BCUT2D eigenvalue weighted by molar-refractivity contribution is -0.141. The second-order valence-electron chi connectivity index (χ2n) is 5.36. The predicted molar refractivity (Wildman–Crippen MR) is 92.7 cm³/mol. The Balaban J connectivity index is 3.27. The van der Waals surface area contributed by atoms with E-state index >= 15 is 0 Å². The third kappa shape index (κ3) is 4.86. The van der Waals surface area contributed by atoms with E-state index in [4.69, 9.17) is 9.16 Å².